The van der Waals surface area contributed by atoms with Crippen LogP contribution in [-0.4, -0.2) is 16.8 Å². The van der Waals surface area contributed by atoms with E-state index in [2.05, 4.69) is 10.6 Å². The molecule has 1 amide bonds. The van der Waals surface area contributed by atoms with E-state index in [4.69, 9.17) is 58.0 Å². The average Bonchev–Trinajstić information content (AvgIpc) is 3.28. The molecule has 0 heterocycles. The molecule has 1 aliphatic carbocycles. The number of amides is 1. The number of carbonyl (C=O) groups excluding carboxylic acids is 1. The first-order valence-electron chi connectivity index (χ1n) is 9.60. The lowest BCUT2D eigenvalue weighted by molar-refractivity contribution is 0.102. The molecule has 1 saturated carbocycles. The van der Waals surface area contributed by atoms with E-state index < -0.39 is 10.2 Å². The fourth-order valence-electron chi connectivity index (χ4n) is 3.65. The minimum absolute atomic E-state index is 0.117. The molecule has 2 N–H and O–H groups in total. The quantitative estimate of drug-likeness (QED) is 0.316. The minimum atomic E-state index is -0.981. The Bertz CT molecular complexity index is 1150. The topological polar surface area (TPSA) is 41.1 Å². The van der Waals surface area contributed by atoms with Gasteiger partial charge in [-0.15, -0.1) is 23.2 Å². The predicted octanol–water partition coefficient (Wildman–Crippen LogP) is 8.04. The SMILES string of the molecule is O=C(Nc1ccc(F)cc1)c1cccc(NCC2C(c3cc(Cl)cc(Cl)c3)C2(Cl)Cl)c1Cl. The van der Waals surface area contributed by atoms with Crippen molar-refractivity contribution in [3.05, 3.63) is 92.7 Å². The molecule has 0 aliphatic heterocycles. The number of halogens is 6. The van der Waals surface area contributed by atoms with Gasteiger partial charge in [0.2, 0.25) is 0 Å². The highest BCUT2D eigenvalue weighted by molar-refractivity contribution is 6.52. The van der Waals surface area contributed by atoms with Crippen LogP contribution in [0.25, 0.3) is 0 Å². The molecule has 3 nitrogen and oxygen atoms in total. The van der Waals surface area contributed by atoms with Crippen molar-refractivity contribution in [2.75, 3.05) is 17.2 Å². The maximum Gasteiger partial charge on any atom is 0.257 e. The smallest absolute Gasteiger partial charge is 0.257 e. The molecule has 2 unspecified atom stereocenters. The summed E-state index contributed by atoms with van der Waals surface area (Å²) in [7, 11) is 0. The van der Waals surface area contributed by atoms with E-state index in [0.29, 0.717) is 28.0 Å². The fraction of sp³-hybridized carbons (Fsp3) is 0.174. The van der Waals surface area contributed by atoms with Crippen LogP contribution >= 0.6 is 58.0 Å². The number of hydrogen-bond donors (Lipinski definition) is 2. The molecule has 9 heteroatoms. The summed E-state index contributed by atoms with van der Waals surface area (Å²) in [4.78, 5) is 12.6. The minimum Gasteiger partial charge on any atom is -0.383 e. The molecule has 4 rings (SSSR count). The summed E-state index contributed by atoms with van der Waals surface area (Å²) < 4.78 is 12.1. The van der Waals surface area contributed by atoms with Gasteiger partial charge in [0.15, 0.2) is 0 Å². The molecule has 1 aliphatic rings. The second-order valence-corrected chi connectivity index (χ2v) is 10.2. The number of alkyl halides is 2. The second kappa shape index (κ2) is 9.28. The van der Waals surface area contributed by atoms with Crippen LogP contribution in [-0.2, 0) is 0 Å². The van der Waals surface area contributed by atoms with Gasteiger partial charge in [-0.25, -0.2) is 4.39 Å². The van der Waals surface area contributed by atoms with Gasteiger partial charge in [0.05, 0.1) is 16.3 Å². The summed E-state index contributed by atoms with van der Waals surface area (Å²) in [5.41, 5.74) is 2.16. The Hall–Kier alpha value is -1.69. The van der Waals surface area contributed by atoms with E-state index >= 15 is 0 Å². The van der Waals surface area contributed by atoms with Crippen molar-refractivity contribution in [2.45, 2.75) is 10.3 Å². The van der Waals surface area contributed by atoms with Crippen molar-refractivity contribution in [3.63, 3.8) is 0 Å². The summed E-state index contributed by atoms with van der Waals surface area (Å²) >= 11 is 31.7. The first-order chi connectivity index (χ1) is 15.2. The zero-order valence-electron chi connectivity index (χ0n) is 16.3. The van der Waals surface area contributed by atoms with Crippen molar-refractivity contribution >= 4 is 75.3 Å². The van der Waals surface area contributed by atoms with Crippen LogP contribution in [0.2, 0.25) is 15.1 Å². The average molecular weight is 533 g/mol. The molecular weight excluding hydrogens is 517 g/mol. The molecule has 32 heavy (non-hydrogen) atoms. The van der Waals surface area contributed by atoms with Gasteiger partial charge in [-0.05, 0) is 60.2 Å². The Kier molecular flexibility index (Phi) is 6.81. The van der Waals surface area contributed by atoms with Crippen LogP contribution in [0.5, 0.6) is 0 Å². The van der Waals surface area contributed by atoms with Gasteiger partial charge in [-0.3, -0.25) is 4.79 Å². The van der Waals surface area contributed by atoms with Gasteiger partial charge >= 0.3 is 0 Å². The Morgan fingerprint density at radius 1 is 0.969 bits per heavy atom. The number of hydrogen-bond acceptors (Lipinski definition) is 2. The van der Waals surface area contributed by atoms with E-state index in [1.54, 1.807) is 36.4 Å². The lowest BCUT2D eigenvalue weighted by Crippen LogP contribution is -2.14. The van der Waals surface area contributed by atoms with Gasteiger partial charge in [0.1, 0.15) is 10.2 Å². The standard InChI is InChI=1S/C23H16Cl5FN2O/c24-13-8-12(9-14(25)10-13)20-18(23(20,27)28)11-30-19-3-1-2-17(21(19)26)22(32)31-16-6-4-15(29)5-7-16/h1-10,18,20,30H,11H2,(H,31,32). The third kappa shape index (κ3) is 4.95. The van der Waals surface area contributed by atoms with E-state index in [1.165, 1.54) is 24.3 Å². The van der Waals surface area contributed by atoms with Gasteiger partial charge in [0.25, 0.3) is 5.91 Å². The van der Waals surface area contributed by atoms with E-state index in [0.717, 1.165) is 5.56 Å². The molecule has 0 spiro atoms. The number of nitrogens with one attached hydrogen (secondary N) is 2. The monoisotopic (exact) mass is 530 g/mol. The molecule has 2 atom stereocenters. The van der Waals surface area contributed by atoms with E-state index in [1.807, 2.05) is 0 Å². The number of benzene rings is 3. The van der Waals surface area contributed by atoms with Crippen LogP contribution < -0.4 is 10.6 Å². The van der Waals surface area contributed by atoms with Crippen LogP contribution in [0.3, 0.4) is 0 Å². The molecule has 0 saturated heterocycles. The van der Waals surface area contributed by atoms with Crippen LogP contribution in [0, 0.1) is 11.7 Å². The largest absolute Gasteiger partial charge is 0.383 e. The highest BCUT2D eigenvalue weighted by Gasteiger charge is 2.63. The Balaban J connectivity index is 1.46. The number of anilines is 2. The summed E-state index contributed by atoms with van der Waals surface area (Å²) in [6, 6.07) is 15.8. The van der Waals surface area contributed by atoms with Gasteiger partial charge in [-0.1, -0.05) is 40.9 Å². The summed E-state index contributed by atoms with van der Waals surface area (Å²) in [5, 5.41) is 7.21. The molecule has 3 aromatic carbocycles. The second-order valence-electron chi connectivity index (χ2n) is 7.47. The van der Waals surface area contributed by atoms with Crippen LogP contribution in [0.1, 0.15) is 21.8 Å². The molecular formula is C23H16Cl5FN2O. The first-order valence-corrected chi connectivity index (χ1v) is 11.5. The van der Waals surface area contributed by atoms with Crippen LogP contribution in [0.4, 0.5) is 15.8 Å². The Morgan fingerprint density at radius 2 is 1.62 bits per heavy atom. The summed E-state index contributed by atoms with van der Waals surface area (Å²) in [6.07, 6.45) is 0. The predicted molar refractivity (Wildman–Crippen MR) is 131 cm³/mol. The molecule has 1 fully saturated rings. The van der Waals surface area contributed by atoms with E-state index in [9.17, 15) is 9.18 Å². The van der Waals surface area contributed by atoms with Crippen molar-refractivity contribution in [1.82, 2.24) is 0 Å². The number of carbonyl (C=O) groups is 1. The normalized spacial score (nSPS) is 18.8. The van der Waals surface area contributed by atoms with Gasteiger partial charge in [0, 0.05) is 34.1 Å². The maximum atomic E-state index is 13.1. The Labute approximate surface area is 209 Å². The molecule has 0 bridgehead atoms. The lowest BCUT2D eigenvalue weighted by Gasteiger charge is -2.12. The van der Waals surface area contributed by atoms with Gasteiger partial charge < -0.3 is 10.6 Å². The van der Waals surface area contributed by atoms with Crippen LogP contribution in [0.15, 0.2) is 60.7 Å². The zero-order chi connectivity index (χ0) is 23.0. The molecule has 166 valence electrons. The van der Waals surface area contributed by atoms with Crippen molar-refractivity contribution in [2.24, 2.45) is 5.92 Å². The molecule has 0 aromatic heterocycles. The first kappa shape index (κ1) is 23.5. The van der Waals surface area contributed by atoms with E-state index in [-0.39, 0.29) is 28.2 Å². The molecule has 0 radical (unpaired) electrons. The fourth-order valence-corrected chi connectivity index (χ4v) is 5.31. The highest BCUT2D eigenvalue weighted by atomic mass is 35.5. The summed E-state index contributed by atoms with van der Waals surface area (Å²) in [6.45, 7) is 0.421. The zero-order valence-corrected chi connectivity index (χ0v) is 20.1. The third-order valence-electron chi connectivity index (χ3n) is 5.30. The lowest BCUT2D eigenvalue weighted by atomic mass is 10.1. The Morgan fingerprint density at radius 3 is 2.28 bits per heavy atom. The highest BCUT2D eigenvalue weighted by Crippen LogP contribution is 2.65. The van der Waals surface area contributed by atoms with Crippen molar-refractivity contribution in [1.29, 1.82) is 0 Å². The number of rotatable bonds is 6. The van der Waals surface area contributed by atoms with Gasteiger partial charge in [-0.2, -0.15) is 0 Å². The maximum absolute atomic E-state index is 13.1. The summed E-state index contributed by atoms with van der Waals surface area (Å²) in [5.74, 6) is -1.07. The molecule has 3 aromatic rings. The van der Waals surface area contributed by atoms with Crippen molar-refractivity contribution < 1.29 is 9.18 Å². The van der Waals surface area contributed by atoms with Crippen molar-refractivity contribution in [3.8, 4) is 0 Å². The third-order valence-corrected chi connectivity index (χ3v) is 7.18.